The molecule has 0 radical (unpaired) electrons. The predicted octanol–water partition coefficient (Wildman–Crippen LogP) is -3.64. The molecule has 0 saturated carbocycles. The van der Waals surface area contributed by atoms with Crippen LogP contribution in [0, 0.1) is 5.41 Å². The standard InChI is InChI=1S/C9H14N2O8/c1-10-5(14)3(12)9(7(16)17,8(18)19)4(13)6(15)11-2/h3-4,12-13H,1-2H3,(H,10,14)(H,11,15)(H,16,17)(H,18,19). The summed E-state index contributed by atoms with van der Waals surface area (Å²) in [6.07, 6.45) is -5.33. The largest absolute Gasteiger partial charge is 0.480 e. The summed E-state index contributed by atoms with van der Waals surface area (Å²) in [5.74, 6) is -7.19. The van der Waals surface area contributed by atoms with Crippen LogP contribution in [-0.2, 0) is 19.2 Å². The highest BCUT2D eigenvalue weighted by Gasteiger charge is 2.63. The van der Waals surface area contributed by atoms with Gasteiger partial charge in [-0.3, -0.25) is 19.2 Å². The summed E-state index contributed by atoms with van der Waals surface area (Å²) in [7, 11) is 2.04. The minimum Gasteiger partial charge on any atom is -0.480 e. The van der Waals surface area contributed by atoms with Gasteiger partial charge in [0.2, 0.25) is 5.41 Å². The molecule has 0 aromatic carbocycles. The summed E-state index contributed by atoms with van der Waals surface area (Å²) in [5, 5.41) is 40.7. The van der Waals surface area contributed by atoms with E-state index in [0.717, 1.165) is 14.1 Å². The van der Waals surface area contributed by atoms with Crippen molar-refractivity contribution in [1.29, 1.82) is 0 Å². The summed E-state index contributed by atoms with van der Waals surface area (Å²) in [6, 6.07) is 0. The van der Waals surface area contributed by atoms with E-state index in [4.69, 9.17) is 10.2 Å². The van der Waals surface area contributed by atoms with Gasteiger partial charge in [0.25, 0.3) is 11.8 Å². The number of amides is 2. The van der Waals surface area contributed by atoms with E-state index in [1.54, 1.807) is 0 Å². The molecule has 0 aromatic rings. The highest BCUT2D eigenvalue weighted by Crippen LogP contribution is 2.29. The molecule has 2 amide bonds. The van der Waals surface area contributed by atoms with Gasteiger partial charge in [-0.15, -0.1) is 0 Å². The van der Waals surface area contributed by atoms with Gasteiger partial charge in [0.15, 0.2) is 12.2 Å². The predicted molar refractivity (Wildman–Crippen MR) is 57.9 cm³/mol. The van der Waals surface area contributed by atoms with Gasteiger partial charge in [-0.2, -0.15) is 0 Å². The Morgan fingerprint density at radius 3 is 1.26 bits per heavy atom. The van der Waals surface area contributed by atoms with Crippen LogP contribution in [-0.4, -0.2) is 70.5 Å². The third kappa shape index (κ3) is 2.63. The van der Waals surface area contributed by atoms with Crippen molar-refractivity contribution < 1.29 is 39.6 Å². The van der Waals surface area contributed by atoms with Crippen molar-refractivity contribution in [2.45, 2.75) is 12.2 Å². The van der Waals surface area contributed by atoms with Crippen LogP contribution in [0.15, 0.2) is 0 Å². The molecule has 10 nitrogen and oxygen atoms in total. The van der Waals surface area contributed by atoms with Crippen molar-refractivity contribution in [3.05, 3.63) is 0 Å². The minimum absolute atomic E-state index is 1.02. The van der Waals surface area contributed by atoms with Gasteiger partial charge in [0.05, 0.1) is 0 Å². The van der Waals surface area contributed by atoms with Crippen LogP contribution < -0.4 is 10.6 Å². The molecule has 108 valence electrons. The lowest BCUT2D eigenvalue weighted by Gasteiger charge is -2.31. The molecule has 0 aliphatic carbocycles. The maximum absolute atomic E-state index is 11.3. The first-order valence-electron chi connectivity index (χ1n) is 4.93. The van der Waals surface area contributed by atoms with Gasteiger partial charge in [0, 0.05) is 14.1 Å². The Morgan fingerprint density at radius 2 is 1.11 bits per heavy atom. The van der Waals surface area contributed by atoms with Crippen molar-refractivity contribution in [2.24, 2.45) is 5.41 Å². The van der Waals surface area contributed by atoms with Crippen LogP contribution in [0.1, 0.15) is 0 Å². The quantitative estimate of drug-likeness (QED) is 0.270. The molecule has 6 N–H and O–H groups in total. The summed E-state index contributed by atoms with van der Waals surface area (Å²) in [4.78, 5) is 44.8. The van der Waals surface area contributed by atoms with E-state index in [1.807, 2.05) is 10.6 Å². The minimum atomic E-state index is -3.42. The number of hydrogen-bond donors (Lipinski definition) is 6. The number of carbonyl (C=O) groups is 4. The number of nitrogens with one attached hydrogen (secondary N) is 2. The van der Waals surface area contributed by atoms with Gasteiger partial charge in [-0.05, 0) is 0 Å². The smallest absolute Gasteiger partial charge is 0.327 e. The molecule has 0 aliphatic heterocycles. The number of carboxylic acid groups (broad SMARTS) is 2. The van der Waals surface area contributed by atoms with Crippen LogP contribution in [0.5, 0.6) is 0 Å². The van der Waals surface area contributed by atoms with Crippen molar-refractivity contribution in [3.8, 4) is 0 Å². The molecule has 0 saturated heterocycles. The van der Waals surface area contributed by atoms with Crippen LogP contribution >= 0.6 is 0 Å². The van der Waals surface area contributed by atoms with Crippen molar-refractivity contribution in [2.75, 3.05) is 14.1 Å². The fourth-order valence-corrected chi connectivity index (χ4v) is 1.40. The molecule has 0 aromatic heterocycles. The zero-order chi connectivity index (χ0) is 15.4. The number of rotatable bonds is 6. The number of aliphatic hydroxyl groups is 2. The first-order valence-corrected chi connectivity index (χ1v) is 4.93. The average Bonchev–Trinajstić information content (AvgIpc) is 2.36. The summed E-state index contributed by atoms with van der Waals surface area (Å²) in [6.45, 7) is 0. The molecule has 0 spiro atoms. The molecule has 0 rings (SSSR count). The van der Waals surface area contributed by atoms with Gasteiger partial charge >= 0.3 is 11.9 Å². The Labute approximate surface area is 107 Å². The molecular weight excluding hydrogens is 264 g/mol. The number of aliphatic hydroxyl groups excluding tert-OH is 2. The fourth-order valence-electron chi connectivity index (χ4n) is 1.40. The van der Waals surface area contributed by atoms with Gasteiger partial charge in [0.1, 0.15) is 0 Å². The van der Waals surface area contributed by atoms with Crippen LogP contribution in [0.3, 0.4) is 0 Å². The molecule has 0 heterocycles. The highest BCUT2D eigenvalue weighted by molar-refractivity contribution is 6.09. The fraction of sp³-hybridized carbons (Fsp3) is 0.556. The Kier molecular flexibility index (Phi) is 5.40. The van der Waals surface area contributed by atoms with Crippen LogP contribution in [0.25, 0.3) is 0 Å². The Bertz CT molecular complexity index is 369. The Hall–Kier alpha value is -2.20. The Morgan fingerprint density at radius 1 is 0.842 bits per heavy atom. The number of carboxylic acids is 2. The molecule has 0 fully saturated rings. The summed E-state index contributed by atoms with van der Waals surface area (Å²) in [5.41, 5.74) is -3.42. The summed E-state index contributed by atoms with van der Waals surface area (Å²) >= 11 is 0. The third-order valence-electron chi connectivity index (χ3n) is 2.56. The second-order valence-corrected chi connectivity index (χ2v) is 3.51. The second-order valence-electron chi connectivity index (χ2n) is 3.51. The van der Waals surface area contributed by atoms with E-state index in [2.05, 4.69) is 0 Å². The maximum Gasteiger partial charge on any atom is 0.327 e. The van der Waals surface area contributed by atoms with Crippen LogP contribution in [0.4, 0.5) is 0 Å². The third-order valence-corrected chi connectivity index (χ3v) is 2.56. The van der Waals surface area contributed by atoms with Gasteiger partial charge < -0.3 is 31.1 Å². The monoisotopic (exact) mass is 278 g/mol. The van der Waals surface area contributed by atoms with Gasteiger partial charge in [-0.25, -0.2) is 0 Å². The SMILES string of the molecule is CNC(=O)C(O)C(C(=O)O)(C(=O)O)C(O)C(=O)NC. The molecular formula is C9H14N2O8. The van der Waals surface area contributed by atoms with Crippen molar-refractivity contribution >= 4 is 23.8 Å². The number of hydrogen-bond acceptors (Lipinski definition) is 6. The van der Waals surface area contributed by atoms with Crippen molar-refractivity contribution in [1.82, 2.24) is 10.6 Å². The van der Waals surface area contributed by atoms with E-state index in [1.165, 1.54) is 0 Å². The molecule has 10 heteroatoms. The summed E-state index contributed by atoms with van der Waals surface area (Å²) < 4.78 is 0. The average molecular weight is 278 g/mol. The van der Waals surface area contributed by atoms with E-state index < -0.39 is 41.4 Å². The first kappa shape index (κ1) is 16.8. The molecule has 2 atom stereocenters. The normalized spacial score (nSPS) is 14.1. The Balaban J connectivity index is 5.98. The maximum atomic E-state index is 11.3. The lowest BCUT2D eigenvalue weighted by molar-refractivity contribution is -0.191. The van der Waals surface area contributed by atoms with E-state index >= 15 is 0 Å². The van der Waals surface area contributed by atoms with Crippen molar-refractivity contribution in [3.63, 3.8) is 0 Å². The number of likely N-dealkylation sites (N-methyl/N-ethyl adjacent to an activating group) is 2. The van der Waals surface area contributed by atoms with Crippen LogP contribution in [0.2, 0.25) is 0 Å². The molecule has 0 aliphatic rings. The van der Waals surface area contributed by atoms with E-state index in [0.29, 0.717) is 0 Å². The highest BCUT2D eigenvalue weighted by atomic mass is 16.4. The molecule has 0 bridgehead atoms. The van der Waals surface area contributed by atoms with Gasteiger partial charge in [-0.1, -0.05) is 0 Å². The number of aliphatic carboxylic acids is 2. The second kappa shape index (κ2) is 6.11. The molecule has 19 heavy (non-hydrogen) atoms. The zero-order valence-corrected chi connectivity index (χ0v) is 10.1. The van der Waals surface area contributed by atoms with E-state index in [9.17, 15) is 29.4 Å². The topological polar surface area (TPSA) is 173 Å². The molecule has 2 unspecified atom stereocenters. The number of carbonyl (C=O) groups excluding carboxylic acids is 2. The lowest BCUT2D eigenvalue weighted by Crippen LogP contribution is -2.64. The van der Waals surface area contributed by atoms with E-state index in [-0.39, 0.29) is 0 Å². The lowest BCUT2D eigenvalue weighted by atomic mass is 9.75. The zero-order valence-electron chi connectivity index (χ0n) is 10.1. The first-order chi connectivity index (χ1) is 8.67.